The Balaban J connectivity index is 1.84. The number of anilines is 1. The van der Waals surface area contributed by atoms with Gasteiger partial charge in [0.05, 0.1) is 5.69 Å². The molecule has 3 rings (SSSR count). The van der Waals surface area contributed by atoms with Crippen molar-refractivity contribution in [2.24, 2.45) is 0 Å². The van der Waals surface area contributed by atoms with Gasteiger partial charge in [0.15, 0.2) is 11.5 Å². The van der Waals surface area contributed by atoms with Gasteiger partial charge >= 0.3 is 0 Å². The molecule has 1 heterocycles. The summed E-state index contributed by atoms with van der Waals surface area (Å²) in [6.45, 7) is 2.33. The quantitative estimate of drug-likeness (QED) is 0.439. The zero-order chi connectivity index (χ0) is 17.3. The molecule has 0 aliphatic carbocycles. The number of hydrogen-bond donors (Lipinski definition) is 4. The zero-order valence-corrected chi connectivity index (χ0v) is 15.4. The highest BCUT2D eigenvalue weighted by molar-refractivity contribution is 14.1. The van der Waals surface area contributed by atoms with E-state index >= 15 is 0 Å². The topological polar surface area (TPSA) is 81.6 Å². The number of fused-ring (bicyclic) bond motifs is 1. The molecule has 0 aromatic heterocycles. The van der Waals surface area contributed by atoms with Crippen molar-refractivity contribution in [2.45, 2.75) is 25.8 Å². The molecule has 6 heteroatoms. The summed E-state index contributed by atoms with van der Waals surface area (Å²) < 4.78 is 0.991. The lowest BCUT2D eigenvalue weighted by atomic mass is 9.90. The average molecular weight is 438 g/mol. The van der Waals surface area contributed by atoms with Gasteiger partial charge in [-0.2, -0.15) is 0 Å². The number of phenols is 2. The lowest BCUT2D eigenvalue weighted by molar-refractivity contribution is -0.114. The van der Waals surface area contributed by atoms with Gasteiger partial charge in [0, 0.05) is 16.5 Å². The van der Waals surface area contributed by atoms with Crippen LogP contribution in [0.5, 0.6) is 11.5 Å². The Morgan fingerprint density at radius 2 is 2.04 bits per heavy atom. The third-order valence-corrected chi connectivity index (χ3v) is 5.07. The predicted molar refractivity (Wildman–Crippen MR) is 101 cm³/mol. The molecule has 1 amide bonds. The Labute approximate surface area is 154 Å². The van der Waals surface area contributed by atoms with Crippen LogP contribution in [-0.4, -0.2) is 22.7 Å². The Hall–Kier alpha value is -1.80. The van der Waals surface area contributed by atoms with Crippen LogP contribution in [0, 0.1) is 3.57 Å². The Bertz CT molecular complexity index is 792. The number of amides is 1. The number of aromatic hydroxyl groups is 2. The highest BCUT2D eigenvalue weighted by atomic mass is 127. The SMILES string of the molecule is CC(=O)Nc1ccc(CC2NCCc3cc(O)c(O)cc32)cc1I. The molecule has 126 valence electrons. The fraction of sp³-hybridized carbons (Fsp3) is 0.278. The van der Waals surface area contributed by atoms with Gasteiger partial charge in [-0.25, -0.2) is 0 Å². The van der Waals surface area contributed by atoms with Gasteiger partial charge in [0.1, 0.15) is 0 Å². The predicted octanol–water partition coefficient (Wildman–Crippen LogP) is 3.09. The second-order valence-corrected chi connectivity index (χ2v) is 7.16. The van der Waals surface area contributed by atoms with Gasteiger partial charge in [-0.1, -0.05) is 6.07 Å². The number of benzene rings is 2. The van der Waals surface area contributed by atoms with Crippen LogP contribution < -0.4 is 10.6 Å². The zero-order valence-electron chi connectivity index (χ0n) is 13.3. The molecule has 0 saturated carbocycles. The third kappa shape index (κ3) is 3.64. The highest BCUT2D eigenvalue weighted by Crippen LogP contribution is 2.35. The summed E-state index contributed by atoms with van der Waals surface area (Å²) in [5.41, 5.74) is 4.05. The van der Waals surface area contributed by atoms with E-state index in [0.29, 0.717) is 0 Å². The van der Waals surface area contributed by atoms with Crippen molar-refractivity contribution < 1.29 is 15.0 Å². The van der Waals surface area contributed by atoms with Gasteiger partial charge in [0.2, 0.25) is 5.91 Å². The minimum Gasteiger partial charge on any atom is -0.504 e. The maximum atomic E-state index is 11.2. The first-order chi connectivity index (χ1) is 11.4. The van der Waals surface area contributed by atoms with Gasteiger partial charge in [-0.15, -0.1) is 0 Å². The van der Waals surface area contributed by atoms with Crippen LogP contribution in [0.1, 0.15) is 29.7 Å². The summed E-state index contributed by atoms with van der Waals surface area (Å²) in [4.78, 5) is 11.2. The van der Waals surface area contributed by atoms with Crippen molar-refractivity contribution in [1.82, 2.24) is 5.32 Å². The van der Waals surface area contributed by atoms with Crippen LogP contribution in [-0.2, 0) is 17.6 Å². The Morgan fingerprint density at radius 3 is 2.75 bits per heavy atom. The number of carbonyl (C=O) groups is 1. The number of halogens is 1. The van der Waals surface area contributed by atoms with E-state index in [1.807, 2.05) is 12.1 Å². The van der Waals surface area contributed by atoms with Gasteiger partial charge in [-0.05, 0) is 82.9 Å². The molecule has 1 unspecified atom stereocenters. The molecule has 1 aliphatic heterocycles. The van der Waals surface area contributed by atoms with Crippen LogP contribution >= 0.6 is 22.6 Å². The highest BCUT2D eigenvalue weighted by Gasteiger charge is 2.22. The first kappa shape index (κ1) is 17.0. The molecule has 24 heavy (non-hydrogen) atoms. The van der Waals surface area contributed by atoms with Crippen molar-refractivity contribution in [3.8, 4) is 11.5 Å². The van der Waals surface area contributed by atoms with E-state index in [0.717, 1.165) is 45.3 Å². The van der Waals surface area contributed by atoms with Gasteiger partial charge in [0.25, 0.3) is 0 Å². The lowest BCUT2D eigenvalue weighted by Crippen LogP contribution is -2.31. The molecule has 0 saturated heterocycles. The molecule has 0 spiro atoms. The third-order valence-electron chi connectivity index (χ3n) is 4.18. The largest absolute Gasteiger partial charge is 0.504 e. The van der Waals surface area contributed by atoms with Crippen LogP contribution in [0.25, 0.3) is 0 Å². The molecule has 4 N–H and O–H groups in total. The van der Waals surface area contributed by atoms with Gasteiger partial charge in [-0.3, -0.25) is 4.79 Å². The van der Waals surface area contributed by atoms with E-state index in [2.05, 4.69) is 39.3 Å². The molecule has 0 bridgehead atoms. The van der Waals surface area contributed by atoms with Crippen molar-refractivity contribution in [3.63, 3.8) is 0 Å². The van der Waals surface area contributed by atoms with E-state index < -0.39 is 0 Å². The smallest absolute Gasteiger partial charge is 0.221 e. The molecule has 2 aromatic rings. The summed E-state index contributed by atoms with van der Waals surface area (Å²) in [6, 6.07) is 9.37. The van der Waals surface area contributed by atoms with Crippen LogP contribution in [0.3, 0.4) is 0 Å². The Kier molecular flexibility index (Phi) is 4.96. The second kappa shape index (κ2) is 6.98. The number of hydrogen-bond acceptors (Lipinski definition) is 4. The molecule has 1 aliphatic rings. The first-order valence-electron chi connectivity index (χ1n) is 7.78. The van der Waals surface area contributed by atoms with E-state index in [4.69, 9.17) is 0 Å². The van der Waals surface area contributed by atoms with E-state index in [9.17, 15) is 15.0 Å². The van der Waals surface area contributed by atoms with Crippen molar-refractivity contribution in [3.05, 3.63) is 50.6 Å². The molecule has 0 fully saturated rings. The molecule has 2 aromatic carbocycles. The molecule has 5 nitrogen and oxygen atoms in total. The van der Waals surface area contributed by atoms with Crippen molar-refractivity contribution in [1.29, 1.82) is 0 Å². The minimum atomic E-state index is -0.0852. The monoisotopic (exact) mass is 438 g/mol. The molecule has 1 atom stereocenters. The van der Waals surface area contributed by atoms with E-state index in [-0.39, 0.29) is 23.4 Å². The van der Waals surface area contributed by atoms with Crippen LogP contribution in [0.15, 0.2) is 30.3 Å². The summed E-state index contributed by atoms with van der Waals surface area (Å²) in [5.74, 6) is -0.236. The summed E-state index contributed by atoms with van der Waals surface area (Å²) >= 11 is 2.22. The van der Waals surface area contributed by atoms with Crippen LogP contribution in [0.2, 0.25) is 0 Å². The normalized spacial score (nSPS) is 16.5. The minimum absolute atomic E-state index is 0.0661. The fourth-order valence-electron chi connectivity index (χ4n) is 3.06. The number of carbonyl (C=O) groups excluding carboxylic acids is 1. The second-order valence-electron chi connectivity index (χ2n) is 6.00. The molecular formula is C18H19IN2O3. The maximum Gasteiger partial charge on any atom is 0.221 e. The van der Waals surface area contributed by atoms with E-state index in [1.165, 1.54) is 6.92 Å². The first-order valence-corrected chi connectivity index (χ1v) is 8.86. The molecule has 0 radical (unpaired) electrons. The standard InChI is InChI=1S/C18H19IN2O3/c1-10(22)21-15-3-2-11(6-14(15)19)7-16-13-9-18(24)17(23)8-12(13)4-5-20-16/h2-3,6,8-9,16,20,23-24H,4-5,7H2,1H3,(H,21,22). The fourth-order valence-corrected chi connectivity index (χ4v) is 3.78. The summed E-state index contributed by atoms with van der Waals surface area (Å²) in [6.07, 6.45) is 1.60. The van der Waals surface area contributed by atoms with Gasteiger partial charge < -0.3 is 20.8 Å². The maximum absolute atomic E-state index is 11.2. The lowest BCUT2D eigenvalue weighted by Gasteiger charge is -2.27. The molecular weight excluding hydrogens is 419 g/mol. The van der Waals surface area contributed by atoms with E-state index in [1.54, 1.807) is 12.1 Å². The number of nitrogens with one attached hydrogen (secondary N) is 2. The van der Waals surface area contributed by atoms with Crippen molar-refractivity contribution in [2.75, 3.05) is 11.9 Å². The number of phenolic OH excluding ortho intramolecular Hbond substituents is 2. The average Bonchev–Trinajstić information content (AvgIpc) is 2.51. The van der Waals surface area contributed by atoms with Crippen molar-refractivity contribution >= 4 is 34.2 Å². The summed E-state index contributed by atoms with van der Waals surface area (Å²) in [7, 11) is 0. The summed E-state index contributed by atoms with van der Waals surface area (Å²) in [5, 5.41) is 25.8. The number of rotatable bonds is 3. The Morgan fingerprint density at radius 1 is 1.29 bits per heavy atom. The van der Waals surface area contributed by atoms with Crippen LogP contribution in [0.4, 0.5) is 5.69 Å².